The van der Waals surface area contributed by atoms with Gasteiger partial charge in [0.2, 0.25) is 0 Å². The van der Waals surface area contributed by atoms with Crippen LogP contribution in [-0.2, 0) is 24.3 Å². The molecule has 0 saturated heterocycles. The first-order valence-corrected chi connectivity index (χ1v) is 9.42. The monoisotopic (exact) mass is 336 g/mol. The summed E-state index contributed by atoms with van der Waals surface area (Å²) in [5, 5.41) is 1.53. The molecule has 0 amide bonds. The van der Waals surface area contributed by atoms with E-state index < -0.39 is 0 Å². The van der Waals surface area contributed by atoms with Gasteiger partial charge >= 0.3 is 0 Å². The van der Waals surface area contributed by atoms with Crippen LogP contribution in [-0.4, -0.2) is 21.9 Å². The van der Waals surface area contributed by atoms with Gasteiger partial charge in [-0.05, 0) is 17.7 Å². The standard InChI is InChI=1S/C16H20N2O2S2/c1-5-6-18-15(19)13-10-7-11(9(2)3)20-8-12(10)22-14(13)17-16(18)21-4/h5,9,11H,1,6-8H2,2-4H3. The van der Waals surface area contributed by atoms with Crippen LogP contribution in [0.5, 0.6) is 0 Å². The number of thioether (sulfide) groups is 1. The normalized spacial score (nSPS) is 17.9. The summed E-state index contributed by atoms with van der Waals surface area (Å²) in [6.45, 7) is 9.15. The highest BCUT2D eigenvalue weighted by Crippen LogP contribution is 2.35. The van der Waals surface area contributed by atoms with Crippen molar-refractivity contribution >= 4 is 33.3 Å². The molecule has 0 radical (unpaired) electrons. The SMILES string of the molecule is C=CCn1c(SC)nc2sc3c(c2c1=O)CC(C(C)C)OC3. The second kappa shape index (κ2) is 6.18. The van der Waals surface area contributed by atoms with Crippen molar-refractivity contribution in [1.29, 1.82) is 0 Å². The van der Waals surface area contributed by atoms with Crippen molar-refractivity contribution < 1.29 is 4.74 Å². The molecule has 3 rings (SSSR count). The zero-order chi connectivity index (χ0) is 15.9. The smallest absolute Gasteiger partial charge is 0.263 e. The number of hydrogen-bond donors (Lipinski definition) is 0. The summed E-state index contributed by atoms with van der Waals surface area (Å²) in [6.07, 6.45) is 4.67. The molecule has 1 aliphatic heterocycles. The topological polar surface area (TPSA) is 44.1 Å². The molecule has 0 saturated carbocycles. The van der Waals surface area contributed by atoms with Crippen LogP contribution in [0.3, 0.4) is 0 Å². The molecule has 3 heterocycles. The molecule has 22 heavy (non-hydrogen) atoms. The predicted molar refractivity (Wildman–Crippen MR) is 93.0 cm³/mol. The molecule has 1 unspecified atom stereocenters. The number of rotatable bonds is 4. The number of fused-ring (bicyclic) bond motifs is 3. The molecule has 1 atom stereocenters. The Kier molecular flexibility index (Phi) is 4.43. The minimum absolute atomic E-state index is 0.0520. The minimum Gasteiger partial charge on any atom is -0.372 e. The van der Waals surface area contributed by atoms with Crippen molar-refractivity contribution in [2.75, 3.05) is 6.26 Å². The lowest BCUT2D eigenvalue weighted by Gasteiger charge is -2.26. The lowest BCUT2D eigenvalue weighted by molar-refractivity contribution is 0.00200. The van der Waals surface area contributed by atoms with E-state index in [2.05, 4.69) is 25.4 Å². The fourth-order valence-corrected chi connectivity index (χ4v) is 4.55. The van der Waals surface area contributed by atoms with Gasteiger partial charge in [-0.2, -0.15) is 0 Å². The Morgan fingerprint density at radius 2 is 2.36 bits per heavy atom. The van der Waals surface area contributed by atoms with Crippen molar-refractivity contribution in [3.63, 3.8) is 0 Å². The molecule has 6 heteroatoms. The van der Waals surface area contributed by atoms with Gasteiger partial charge in [0.1, 0.15) is 4.83 Å². The van der Waals surface area contributed by atoms with E-state index in [0.717, 1.165) is 32.2 Å². The minimum atomic E-state index is 0.0520. The molecule has 2 aromatic heterocycles. The van der Waals surface area contributed by atoms with Gasteiger partial charge in [-0.25, -0.2) is 4.98 Å². The van der Waals surface area contributed by atoms with Crippen LogP contribution >= 0.6 is 23.1 Å². The number of ether oxygens (including phenoxy) is 1. The van der Waals surface area contributed by atoms with Crippen LogP contribution in [0.1, 0.15) is 24.3 Å². The van der Waals surface area contributed by atoms with Gasteiger partial charge in [-0.1, -0.05) is 31.7 Å². The van der Waals surface area contributed by atoms with Crippen molar-refractivity contribution in [3.05, 3.63) is 33.4 Å². The van der Waals surface area contributed by atoms with Crippen LogP contribution in [0.2, 0.25) is 0 Å². The van der Waals surface area contributed by atoms with Crippen LogP contribution in [0.4, 0.5) is 0 Å². The van der Waals surface area contributed by atoms with E-state index in [0.29, 0.717) is 19.1 Å². The summed E-state index contributed by atoms with van der Waals surface area (Å²) >= 11 is 3.09. The molecule has 0 aromatic carbocycles. The maximum atomic E-state index is 12.9. The van der Waals surface area contributed by atoms with Gasteiger partial charge < -0.3 is 4.74 Å². The second-order valence-electron chi connectivity index (χ2n) is 5.78. The fourth-order valence-electron chi connectivity index (χ4n) is 2.82. The molecule has 118 valence electrons. The van der Waals surface area contributed by atoms with Crippen molar-refractivity contribution in [1.82, 2.24) is 9.55 Å². The molecule has 0 N–H and O–H groups in total. The number of nitrogens with zero attached hydrogens (tertiary/aromatic N) is 2. The zero-order valence-corrected chi connectivity index (χ0v) is 14.7. The second-order valence-corrected chi connectivity index (χ2v) is 7.64. The lowest BCUT2D eigenvalue weighted by atomic mass is 9.96. The van der Waals surface area contributed by atoms with Gasteiger partial charge in [-0.3, -0.25) is 9.36 Å². The molecule has 0 aliphatic carbocycles. The van der Waals surface area contributed by atoms with E-state index in [9.17, 15) is 4.79 Å². The third kappa shape index (κ3) is 2.53. The van der Waals surface area contributed by atoms with Gasteiger partial charge in [0.15, 0.2) is 5.16 Å². The molecule has 0 bridgehead atoms. The van der Waals surface area contributed by atoms with Crippen molar-refractivity contribution in [2.24, 2.45) is 5.92 Å². The number of hydrogen-bond acceptors (Lipinski definition) is 5. The predicted octanol–water partition coefficient (Wildman–Crippen LogP) is 3.46. The first-order valence-electron chi connectivity index (χ1n) is 7.38. The first kappa shape index (κ1) is 15.8. The van der Waals surface area contributed by atoms with E-state index in [1.54, 1.807) is 22.0 Å². The Morgan fingerprint density at radius 1 is 1.59 bits per heavy atom. The highest BCUT2D eigenvalue weighted by molar-refractivity contribution is 7.98. The van der Waals surface area contributed by atoms with Crippen LogP contribution in [0.15, 0.2) is 22.6 Å². The molecule has 1 aliphatic rings. The molecule has 0 spiro atoms. The highest BCUT2D eigenvalue weighted by Gasteiger charge is 2.28. The Balaban J connectivity index is 2.22. The summed E-state index contributed by atoms with van der Waals surface area (Å²) in [7, 11) is 0. The van der Waals surface area contributed by atoms with Gasteiger partial charge in [-0.15, -0.1) is 17.9 Å². The summed E-state index contributed by atoms with van der Waals surface area (Å²) in [5.41, 5.74) is 1.20. The van der Waals surface area contributed by atoms with E-state index in [1.165, 1.54) is 11.8 Å². The van der Waals surface area contributed by atoms with Gasteiger partial charge in [0, 0.05) is 17.8 Å². The third-order valence-corrected chi connectivity index (χ3v) is 5.81. The van der Waals surface area contributed by atoms with Crippen molar-refractivity contribution in [3.8, 4) is 0 Å². The number of allylic oxidation sites excluding steroid dienone is 1. The van der Waals surface area contributed by atoms with Gasteiger partial charge in [0.05, 0.1) is 18.1 Å². The molecule has 0 fully saturated rings. The summed E-state index contributed by atoms with van der Waals surface area (Å²) in [5.74, 6) is 0.442. The fraction of sp³-hybridized carbons (Fsp3) is 0.500. The Labute approximate surface area is 138 Å². The van der Waals surface area contributed by atoms with E-state index in [1.807, 2.05) is 6.26 Å². The Morgan fingerprint density at radius 3 is 3.00 bits per heavy atom. The van der Waals surface area contributed by atoms with E-state index in [4.69, 9.17) is 4.74 Å². The summed E-state index contributed by atoms with van der Waals surface area (Å²) in [6, 6.07) is 0. The van der Waals surface area contributed by atoms with Gasteiger partial charge in [0.25, 0.3) is 5.56 Å². The summed E-state index contributed by atoms with van der Waals surface area (Å²) < 4.78 is 7.64. The zero-order valence-electron chi connectivity index (χ0n) is 13.1. The average Bonchev–Trinajstić information content (AvgIpc) is 2.87. The number of thiophene rings is 1. The first-order chi connectivity index (χ1) is 10.6. The molecular weight excluding hydrogens is 316 g/mol. The van der Waals surface area contributed by atoms with Crippen molar-refractivity contribution in [2.45, 2.75) is 44.7 Å². The summed E-state index contributed by atoms with van der Waals surface area (Å²) in [4.78, 5) is 19.6. The maximum absolute atomic E-state index is 12.9. The Bertz CT molecular complexity index is 777. The molecular formula is C16H20N2O2S2. The number of aromatic nitrogens is 2. The Hall–Kier alpha value is -1.11. The van der Waals surface area contributed by atoms with E-state index in [-0.39, 0.29) is 11.7 Å². The lowest BCUT2D eigenvalue weighted by Crippen LogP contribution is -2.28. The van der Waals surface area contributed by atoms with Crippen LogP contribution < -0.4 is 5.56 Å². The largest absolute Gasteiger partial charge is 0.372 e. The van der Waals surface area contributed by atoms with Crippen LogP contribution in [0.25, 0.3) is 10.2 Å². The average molecular weight is 336 g/mol. The maximum Gasteiger partial charge on any atom is 0.263 e. The quantitative estimate of drug-likeness (QED) is 0.487. The van der Waals surface area contributed by atoms with E-state index >= 15 is 0 Å². The molecule has 2 aromatic rings. The third-order valence-electron chi connectivity index (χ3n) is 4.03. The van der Waals surface area contributed by atoms with Crippen LogP contribution in [0, 0.1) is 5.92 Å². The highest BCUT2D eigenvalue weighted by atomic mass is 32.2. The molecule has 4 nitrogen and oxygen atoms in total.